The molecule has 3 heteroatoms. The molecule has 1 heterocycles. The summed E-state index contributed by atoms with van der Waals surface area (Å²) in [4.78, 5) is 2.48. The van der Waals surface area contributed by atoms with Crippen LogP contribution in [-0.2, 0) is 0 Å². The van der Waals surface area contributed by atoms with E-state index >= 15 is 0 Å². The molecule has 1 N–H and O–H groups in total. The molecule has 118 valence electrons. The fourth-order valence-corrected chi connectivity index (χ4v) is 3.25. The van der Waals surface area contributed by atoms with Gasteiger partial charge in [0.05, 0.1) is 6.10 Å². The molecule has 0 spiro atoms. The molecular formula is C18H30N2O. The Morgan fingerprint density at radius 3 is 2.62 bits per heavy atom. The Hall–Kier alpha value is -1.06. The van der Waals surface area contributed by atoms with E-state index in [1.165, 1.54) is 24.9 Å². The SMILES string of the molecule is CCCNCC1CCN(C)C1c1ccc(OC(C)C)cc1. The lowest BCUT2D eigenvalue weighted by Crippen LogP contribution is -2.28. The van der Waals surface area contributed by atoms with E-state index < -0.39 is 0 Å². The minimum absolute atomic E-state index is 0.232. The summed E-state index contributed by atoms with van der Waals surface area (Å²) >= 11 is 0. The number of ether oxygens (including phenoxy) is 1. The highest BCUT2D eigenvalue weighted by molar-refractivity contribution is 5.30. The summed E-state index contributed by atoms with van der Waals surface area (Å²) in [6, 6.07) is 9.21. The summed E-state index contributed by atoms with van der Waals surface area (Å²) in [5.74, 6) is 1.67. The molecule has 0 aliphatic carbocycles. The highest BCUT2D eigenvalue weighted by Gasteiger charge is 2.32. The van der Waals surface area contributed by atoms with E-state index in [2.05, 4.69) is 62.3 Å². The van der Waals surface area contributed by atoms with Crippen LogP contribution in [0.1, 0.15) is 45.2 Å². The molecular weight excluding hydrogens is 260 g/mol. The van der Waals surface area contributed by atoms with Gasteiger partial charge in [-0.2, -0.15) is 0 Å². The molecule has 2 unspecified atom stereocenters. The largest absolute Gasteiger partial charge is 0.491 e. The molecule has 3 nitrogen and oxygen atoms in total. The molecule has 1 aromatic rings. The van der Waals surface area contributed by atoms with Crippen molar-refractivity contribution in [3.63, 3.8) is 0 Å². The van der Waals surface area contributed by atoms with Gasteiger partial charge in [0.2, 0.25) is 0 Å². The fourth-order valence-electron chi connectivity index (χ4n) is 3.25. The van der Waals surface area contributed by atoms with Crippen LogP contribution < -0.4 is 10.1 Å². The Balaban J connectivity index is 2.03. The lowest BCUT2D eigenvalue weighted by atomic mass is 9.93. The van der Waals surface area contributed by atoms with Gasteiger partial charge in [-0.15, -0.1) is 0 Å². The summed E-state index contributed by atoms with van der Waals surface area (Å²) in [6.45, 7) is 9.77. The van der Waals surface area contributed by atoms with E-state index in [0.717, 1.165) is 18.8 Å². The van der Waals surface area contributed by atoms with Crippen molar-refractivity contribution < 1.29 is 4.74 Å². The smallest absolute Gasteiger partial charge is 0.119 e. The molecule has 0 amide bonds. The lowest BCUT2D eigenvalue weighted by Gasteiger charge is -2.26. The monoisotopic (exact) mass is 290 g/mol. The molecule has 1 aliphatic heterocycles. The predicted octanol–water partition coefficient (Wildman–Crippen LogP) is 3.47. The molecule has 0 saturated carbocycles. The number of benzene rings is 1. The van der Waals surface area contributed by atoms with E-state index in [9.17, 15) is 0 Å². The first-order chi connectivity index (χ1) is 10.1. The molecule has 0 radical (unpaired) electrons. The Kier molecular flexibility index (Phi) is 6.07. The fraction of sp³-hybridized carbons (Fsp3) is 0.667. The predicted molar refractivity (Wildman–Crippen MR) is 88.8 cm³/mol. The average Bonchev–Trinajstić information content (AvgIpc) is 2.81. The summed E-state index contributed by atoms with van der Waals surface area (Å²) in [6.07, 6.45) is 2.72. The van der Waals surface area contributed by atoms with Crippen molar-refractivity contribution in [3.8, 4) is 5.75 Å². The Labute approximate surface area is 129 Å². The van der Waals surface area contributed by atoms with Crippen LogP contribution in [0.3, 0.4) is 0 Å². The molecule has 2 atom stereocenters. The molecule has 1 aromatic carbocycles. The van der Waals surface area contributed by atoms with Gasteiger partial charge >= 0.3 is 0 Å². The van der Waals surface area contributed by atoms with E-state index in [1.807, 2.05) is 0 Å². The van der Waals surface area contributed by atoms with Crippen molar-refractivity contribution in [2.24, 2.45) is 5.92 Å². The zero-order chi connectivity index (χ0) is 15.2. The van der Waals surface area contributed by atoms with E-state index in [1.54, 1.807) is 0 Å². The van der Waals surface area contributed by atoms with Crippen molar-refractivity contribution in [1.29, 1.82) is 0 Å². The molecule has 0 bridgehead atoms. The van der Waals surface area contributed by atoms with Gasteiger partial charge in [-0.25, -0.2) is 0 Å². The summed E-state index contributed by atoms with van der Waals surface area (Å²) in [5.41, 5.74) is 1.41. The summed E-state index contributed by atoms with van der Waals surface area (Å²) < 4.78 is 5.74. The second-order valence-electron chi connectivity index (χ2n) is 6.41. The van der Waals surface area contributed by atoms with Gasteiger partial charge in [0.1, 0.15) is 5.75 Å². The Morgan fingerprint density at radius 2 is 2.00 bits per heavy atom. The quantitative estimate of drug-likeness (QED) is 0.778. The van der Waals surface area contributed by atoms with Crippen LogP contribution in [0.4, 0.5) is 0 Å². The zero-order valence-electron chi connectivity index (χ0n) is 13.9. The normalized spacial score (nSPS) is 22.9. The molecule has 21 heavy (non-hydrogen) atoms. The third-order valence-electron chi connectivity index (χ3n) is 4.20. The van der Waals surface area contributed by atoms with Gasteiger partial charge in [0, 0.05) is 6.04 Å². The third-order valence-corrected chi connectivity index (χ3v) is 4.20. The van der Waals surface area contributed by atoms with Crippen LogP contribution in [0.15, 0.2) is 24.3 Å². The van der Waals surface area contributed by atoms with Crippen molar-refractivity contribution in [3.05, 3.63) is 29.8 Å². The van der Waals surface area contributed by atoms with Gasteiger partial charge in [0.25, 0.3) is 0 Å². The van der Waals surface area contributed by atoms with Crippen molar-refractivity contribution in [2.45, 2.75) is 45.8 Å². The Bertz CT molecular complexity index is 416. The van der Waals surface area contributed by atoms with Gasteiger partial charge in [-0.1, -0.05) is 19.1 Å². The maximum Gasteiger partial charge on any atom is 0.119 e. The van der Waals surface area contributed by atoms with Crippen LogP contribution in [0.25, 0.3) is 0 Å². The molecule has 1 fully saturated rings. The summed E-state index contributed by atoms with van der Waals surface area (Å²) in [7, 11) is 2.24. The first-order valence-electron chi connectivity index (χ1n) is 8.29. The van der Waals surface area contributed by atoms with E-state index in [-0.39, 0.29) is 6.10 Å². The van der Waals surface area contributed by atoms with Crippen LogP contribution in [-0.4, -0.2) is 37.7 Å². The topological polar surface area (TPSA) is 24.5 Å². The van der Waals surface area contributed by atoms with Crippen molar-refractivity contribution in [1.82, 2.24) is 10.2 Å². The van der Waals surface area contributed by atoms with E-state index in [0.29, 0.717) is 12.0 Å². The second-order valence-corrected chi connectivity index (χ2v) is 6.41. The van der Waals surface area contributed by atoms with Crippen LogP contribution in [0, 0.1) is 5.92 Å². The maximum atomic E-state index is 5.74. The van der Waals surface area contributed by atoms with Gasteiger partial charge in [0.15, 0.2) is 0 Å². The maximum absolute atomic E-state index is 5.74. The standard InChI is InChI=1S/C18H30N2O/c1-5-11-19-13-16-10-12-20(4)18(16)15-6-8-17(9-7-15)21-14(2)3/h6-9,14,16,18-19H,5,10-13H2,1-4H3. The van der Waals surface area contributed by atoms with E-state index in [4.69, 9.17) is 4.74 Å². The van der Waals surface area contributed by atoms with Crippen molar-refractivity contribution >= 4 is 0 Å². The third kappa shape index (κ3) is 4.45. The number of likely N-dealkylation sites (tertiary alicyclic amines) is 1. The van der Waals surface area contributed by atoms with Gasteiger partial charge < -0.3 is 10.1 Å². The lowest BCUT2D eigenvalue weighted by molar-refractivity contribution is 0.241. The highest BCUT2D eigenvalue weighted by atomic mass is 16.5. The highest BCUT2D eigenvalue weighted by Crippen LogP contribution is 2.36. The number of hydrogen-bond donors (Lipinski definition) is 1. The second kappa shape index (κ2) is 7.81. The molecule has 1 saturated heterocycles. The van der Waals surface area contributed by atoms with Crippen molar-refractivity contribution in [2.75, 3.05) is 26.7 Å². The zero-order valence-corrected chi connectivity index (χ0v) is 13.9. The number of rotatable bonds is 7. The minimum Gasteiger partial charge on any atom is -0.491 e. The van der Waals surface area contributed by atoms with Gasteiger partial charge in [-0.05, 0) is 77.0 Å². The number of nitrogens with one attached hydrogen (secondary N) is 1. The minimum atomic E-state index is 0.232. The molecule has 1 aliphatic rings. The van der Waals surface area contributed by atoms with Crippen LogP contribution >= 0.6 is 0 Å². The number of nitrogens with zero attached hydrogens (tertiary/aromatic N) is 1. The van der Waals surface area contributed by atoms with Gasteiger partial charge in [-0.3, -0.25) is 4.90 Å². The first-order valence-corrected chi connectivity index (χ1v) is 8.29. The molecule has 0 aromatic heterocycles. The molecule has 2 rings (SSSR count). The summed E-state index contributed by atoms with van der Waals surface area (Å²) in [5, 5.41) is 3.58. The van der Waals surface area contributed by atoms with Crippen LogP contribution in [0.5, 0.6) is 5.75 Å². The van der Waals surface area contributed by atoms with Crippen LogP contribution in [0.2, 0.25) is 0 Å². The average molecular weight is 290 g/mol. The Morgan fingerprint density at radius 1 is 1.29 bits per heavy atom. The number of hydrogen-bond acceptors (Lipinski definition) is 3. The first kappa shape index (κ1) is 16.3.